The van der Waals surface area contributed by atoms with Crippen molar-refractivity contribution in [1.82, 2.24) is 9.97 Å². The monoisotopic (exact) mass is 440 g/mol. The summed E-state index contributed by atoms with van der Waals surface area (Å²) in [5, 5.41) is 3.21. The van der Waals surface area contributed by atoms with Crippen LogP contribution in [0.15, 0.2) is 70.3 Å². The fraction of sp³-hybridized carbons (Fsp3) is 0.0952. The van der Waals surface area contributed by atoms with E-state index in [9.17, 15) is 17.6 Å². The van der Waals surface area contributed by atoms with Gasteiger partial charge in [-0.2, -0.15) is 0 Å². The standard InChI is InChI=1S/C21H17FN4O4S/c1-13-8-9-23-21(24-13)26-31(28,29)17-5-3-16(4-6-17)25-20(27)10-14-12-30-19-7-2-15(22)11-18(14)19/h2-9,11-12H,10H2,1H3,(H,25,27)(H,23,24,26). The number of nitrogens with one attached hydrogen (secondary N) is 2. The lowest BCUT2D eigenvalue weighted by molar-refractivity contribution is -0.115. The smallest absolute Gasteiger partial charge is 0.264 e. The summed E-state index contributed by atoms with van der Waals surface area (Å²) in [5.41, 5.74) is 2.08. The van der Waals surface area contributed by atoms with Crippen LogP contribution < -0.4 is 10.0 Å². The van der Waals surface area contributed by atoms with Gasteiger partial charge in [-0.1, -0.05) is 0 Å². The summed E-state index contributed by atoms with van der Waals surface area (Å²) in [6.07, 6.45) is 2.84. The molecule has 0 bridgehead atoms. The van der Waals surface area contributed by atoms with E-state index in [4.69, 9.17) is 4.42 Å². The number of carbonyl (C=O) groups excluding carboxylic acids is 1. The largest absolute Gasteiger partial charge is 0.464 e. The summed E-state index contributed by atoms with van der Waals surface area (Å²) in [5.74, 6) is -0.799. The molecule has 0 atom stereocenters. The molecule has 1 amide bonds. The van der Waals surface area contributed by atoms with Crippen LogP contribution in [0.2, 0.25) is 0 Å². The minimum atomic E-state index is -3.88. The van der Waals surface area contributed by atoms with Crippen molar-refractivity contribution in [2.24, 2.45) is 0 Å². The zero-order valence-corrected chi connectivity index (χ0v) is 17.1. The van der Waals surface area contributed by atoms with Gasteiger partial charge in [-0.25, -0.2) is 27.5 Å². The van der Waals surface area contributed by atoms with Crippen LogP contribution in [0.3, 0.4) is 0 Å². The van der Waals surface area contributed by atoms with Crippen LogP contribution in [0.1, 0.15) is 11.3 Å². The maximum atomic E-state index is 13.5. The van der Waals surface area contributed by atoms with Crippen molar-refractivity contribution in [3.05, 3.63) is 78.1 Å². The van der Waals surface area contributed by atoms with E-state index >= 15 is 0 Å². The molecule has 0 aliphatic heterocycles. The number of carbonyl (C=O) groups is 1. The predicted octanol–water partition coefficient (Wildman–Crippen LogP) is 3.65. The zero-order valence-electron chi connectivity index (χ0n) is 16.3. The lowest BCUT2D eigenvalue weighted by Crippen LogP contribution is -2.16. The first-order valence-corrected chi connectivity index (χ1v) is 10.7. The van der Waals surface area contributed by atoms with Crippen molar-refractivity contribution < 1.29 is 22.0 Å². The number of aryl methyl sites for hydroxylation is 1. The number of amides is 1. The lowest BCUT2D eigenvalue weighted by atomic mass is 10.1. The highest BCUT2D eigenvalue weighted by atomic mass is 32.2. The van der Waals surface area contributed by atoms with Gasteiger partial charge in [0.2, 0.25) is 11.9 Å². The van der Waals surface area contributed by atoms with Crippen LogP contribution in [0.25, 0.3) is 11.0 Å². The third-order valence-corrected chi connectivity index (χ3v) is 5.78. The molecule has 0 spiro atoms. The van der Waals surface area contributed by atoms with Gasteiger partial charge in [0.15, 0.2) is 0 Å². The molecule has 4 rings (SSSR count). The lowest BCUT2D eigenvalue weighted by Gasteiger charge is -2.09. The number of fused-ring (bicyclic) bond motifs is 1. The molecule has 8 nitrogen and oxygen atoms in total. The van der Waals surface area contributed by atoms with Crippen molar-refractivity contribution in [1.29, 1.82) is 0 Å². The Kier molecular flexibility index (Phi) is 5.38. The summed E-state index contributed by atoms with van der Waals surface area (Å²) in [6.45, 7) is 1.72. The van der Waals surface area contributed by atoms with Gasteiger partial charge in [-0.3, -0.25) is 4.79 Å². The molecule has 0 saturated heterocycles. The van der Waals surface area contributed by atoms with E-state index in [0.717, 1.165) is 0 Å². The van der Waals surface area contributed by atoms with Crippen LogP contribution in [0, 0.1) is 12.7 Å². The van der Waals surface area contributed by atoms with Gasteiger partial charge >= 0.3 is 0 Å². The molecular formula is C21H17FN4O4S. The minimum absolute atomic E-state index is 0.00749. The molecule has 0 aliphatic carbocycles. The number of furan rings is 1. The average Bonchev–Trinajstić information content (AvgIpc) is 3.10. The Hall–Kier alpha value is -3.79. The van der Waals surface area contributed by atoms with Gasteiger partial charge in [0.05, 0.1) is 17.6 Å². The summed E-state index contributed by atoms with van der Waals surface area (Å²) in [6, 6.07) is 11.4. The maximum Gasteiger partial charge on any atom is 0.264 e. The second kappa shape index (κ2) is 8.15. The van der Waals surface area contributed by atoms with E-state index in [2.05, 4.69) is 20.0 Å². The van der Waals surface area contributed by atoms with Crippen molar-refractivity contribution in [3.63, 3.8) is 0 Å². The Morgan fingerprint density at radius 2 is 1.90 bits per heavy atom. The molecule has 2 aromatic heterocycles. The van der Waals surface area contributed by atoms with Crippen LogP contribution in [0.4, 0.5) is 16.0 Å². The Labute approximate surface area is 177 Å². The number of aromatic nitrogens is 2. The topological polar surface area (TPSA) is 114 Å². The maximum absolute atomic E-state index is 13.5. The van der Waals surface area contributed by atoms with Gasteiger partial charge in [-0.15, -0.1) is 0 Å². The highest BCUT2D eigenvalue weighted by Crippen LogP contribution is 2.23. The Balaban J connectivity index is 1.44. The van der Waals surface area contributed by atoms with Crippen molar-refractivity contribution >= 4 is 38.5 Å². The SMILES string of the molecule is Cc1ccnc(NS(=O)(=O)c2ccc(NC(=O)Cc3coc4ccc(F)cc34)cc2)n1. The summed E-state index contributed by atoms with van der Waals surface area (Å²) in [4.78, 5) is 20.3. The van der Waals surface area contributed by atoms with Gasteiger partial charge in [0.25, 0.3) is 10.0 Å². The molecule has 0 radical (unpaired) electrons. The number of nitrogens with zero attached hydrogens (tertiary/aromatic N) is 2. The third-order valence-electron chi connectivity index (χ3n) is 4.44. The fourth-order valence-corrected chi connectivity index (χ4v) is 3.91. The summed E-state index contributed by atoms with van der Waals surface area (Å²) < 4.78 is 46.1. The molecule has 2 aromatic carbocycles. The minimum Gasteiger partial charge on any atom is -0.464 e. The average molecular weight is 440 g/mol. The van der Waals surface area contributed by atoms with Crippen LogP contribution >= 0.6 is 0 Å². The van der Waals surface area contributed by atoms with E-state index < -0.39 is 15.8 Å². The number of sulfonamides is 1. The number of anilines is 2. The van der Waals surface area contributed by atoms with E-state index in [1.807, 2.05) is 0 Å². The van der Waals surface area contributed by atoms with Crippen molar-refractivity contribution in [2.75, 3.05) is 10.0 Å². The van der Waals surface area contributed by atoms with Gasteiger partial charge in [0.1, 0.15) is 11.4 Å². The number of hydrogen-bond donors (Lipinski definition) is 2. The number of hydrogen-bond acceptors (Lipinski definition) is 6. The highest BCUT2D eigenvalue weighted by Gasteiger charge is 2.16. The molecule has 0 saturated carbocycles. The fourth-order valence-electron chi connectivity index (χ4n) is 2.96. The molecule has 158 valence electrons. The second-order valence-electron chi connectivity index (χ2n) is 6.78. The van der Waals surface area contributed by atoms with Gasteiger partial charge < -0.3 is 9.73 Å². The quantitative estimate of drug-likeness (QED) is 0.473. The van der Waals surface area contributed by atoms with Gasteiger partial charge in [-0.05, 0) is 55.5 Å². The van der Waals surface area contributed by atoms with E-state index in [1.54, 1.807) is 13.0 Å². The Morgan fingerprint density at radius 1 is 1.13 bits per heavy atom. The zero-order chi connectivity index (χ0) is 22.0. The van der Waals surface area contributed by atoms with Crippen LogP contribution in [-0.4, -0.2) is 24.3 Å². The predicted molar refractivity (Wildman–Crippen MR) is 113 cm³/mol. The molecule has 2 heterocycles. The third kappa shape index (κ3) is 4.69. The second-order valence-corrected chi connectivity index (χ2v) is 8.46. The summed E-state index contributed by atoms with van der Waals surface area (Å²) >= 11 is 0. The Morgan fingerprint density at radius 3 is 2.65 bits per heavy atom. The molecule has 0 aliphatic rings. The van der Waals surface area contributed by atoms with E-state index in [-0.39, 0.29) is 23.2 Å². The molecule has 2 N–H and O–H groups in total. The molecule has 31 heavy (non-hydrogen) atoms. The Bertz CT molecular complexity index is 1370. The first-order valence-electron chi connectivity index (χ1n) is 9.18. The van der Waals surface area contributed by atoms with E-state index in [1.165, 1.54) is 54.9 Å². The molecule has 0 fully saturated rings. The van der Waals surface area contributed by atoms with Gasteiger partial charge in [0, 0.05) is 28.5 Å². The number of halogens is 1. The highest BCUT2D eigenvalue weighted by molar-refractivity contribution is 7.92. The van der Waals surface area contributed by atoms with Crippen molar-refractivity contribution in [2.45, 2.75) is 18.2 Å². The van der Waals surface area contributed by atoms with Crippen molar-refractivity contribution in [3.8, 4) is 0 Å². The normalized spacial score (nSPS) is 11.4. The van der Waals surface area contributed by atoms with Crippen LogP contribution in [0.5, 0.6) is 0 Å². The molecule has 0 unspecified atom stereocenters. The van der Waals surface area contributed by atoms with Crippen LogP contribution in [-0.2, 0) is 21.2 Å². The molecule has 4 aromatic rings. The summed E-state index contributed by atoms with van der Waals surface area (Å²) in [7, 11) is -3.88. The first kappa shape index (κ1) is 20.5. The first-order chi connectivity index (χ1) is 14.8. The van der Waals surface area contributed by atoms with E-state index in [0.29, 0.717) is 27.9 Å². The number of benzene rings is 2. The molecular weight excluding hydrogens is 423 g/mol. The number of rotatable bonds is 6. The molecule has 10 heteroatoms.